The zero-order valence-corrected chi connectivity index (χ0v) is 6.63. The van der Waals surface area contributed by atoms with Gasteiger partial charge in [-0.3, -0.25) is 4.79 Å². The lowest BCUT2D eigenvalue weighted by molar-refractivity contribution is -0.149. The fourth-order valence-electron chi connectivity index (χ4n) is 0.959. The molecule has 1 saturated heterocycles. The highest BCUT2D eigenvalue weighted by Gasteiger charge is 2.22. The summed E-state index contributed by atoms with van der Waals surface area (Å²) < 4.78 is 24.9. The van der Waals surface area contributed by atoms with Crippen LogP contribution in [0.3, 0.4) is 0 Å². The summed E-state index contributed by atoms with van der Waals surface area (Å²) in [6.07, 6.45) is 1.32. The molecule has 0 aliphatic carbocycles. The Hall–Kier alpha value is -0.840. The van der Waals surface area contributed by atoms with Crippen LogP contribution >= 0.6 is 0 Å². The maximum Gasteiger partial charge on any atom is 0.313 e. The van der Waals surface area contributed by atoms with Crippen molar-refractivity contribution in [2.75, 3.05) is 6.61 Å². The molecule has 0 bridgehead atoms. The Morgan fingerprint density at radius 3 is 2.82 bits per heavy atom. The molecule has 1 atom stereocenters. The van der Waals surface area contributed by atoms with E-state index in [0.717, 1.165) is 11.8 Å². The van der Waals surface area contributed by atoms with Crippen molar-refractivity contribution in [3.05, 3.63) is 0 Å². The average Bonchev–Trinajstić information content (AvgIpc) is 1.93. The number of rotatable bonds is 1. The zero-order valence-electron chi connectivity index (χ0n) is 5.82. The predicted molar refractivity (Wildman–Crippen MR) is 38.7 cm³/mol. The molecule has 1 unspecified atom stereocenters. The van der Waals surface area contributed by atoms with E-state index in [1.807, 2.05) is 0 Å². The molecule has 1 fully saturated rings. The van der Waals surface area contributed by atoms with Crippen molar-refractivity contribution in [2.45, 2.75) is 12.8 Å². The van der Waals surface area contributed by atoms with Crippen LogP contribution in [0.1, 0.15) is 12.8 Å². The number of hydrogen-bond acceptors (Lipinski definition) is 4. The molecule has 0 N–H and O–H groups in total. The van der Waals surface area contributed by atoms with Crippen molar-refractivity contribution in [1.29, 1.82) is 0 Å². The van der Waals surface area contributed by atoms with Crippen molar-refractivity contribution < 1.29 is 17.9 Å². The first-order valence-corrected chi connectivity index (χ1v) is 4.43. The second-order valence-electron chi connectivity index (χ2n) is 2.31. The van der Waals surface area contributed by atoms with Gasteiger partial charge in [-0.2, -0.15) is 8.42 Å². The molecule has 0 radical (unpaired) electrons. The quantitative estimate of drug-likeness (QED) is 0.403. The second-order valence-corrected chi connectivity index (χ2v) is 3.11. The predicted octanol–water partition coefficient (Wildman–Crippen LogP) is -0.379. The first kappa shape index (κ1) is 8.26. The van der Waals surface area contributed by atoms with E-state index in [2.05, 4.69) is 4.74 Å². The van der Waals surface area contributed by atoms with Gasteiger partial charge < -0.3 is 4.74 Å². The van der Waals surface area contributed by atoms with E-state index >= 15 is 0 Å². The summed E-state index contributed by atoms with van der Waals surface area (Å²) in [6, 6.07) is 0. The van der Waals surface area contributed by atoms with Crippen LogP contribution in [0.15, 0.2) is 0 Å². The maximum absolute atomic E-state index is 10.8. The maximum atomic E-state index is 10.8. The highest BCUT2D eigenvalue weighted by molar-refractivity contribution is 7.71. The van der Waals surface area contributed by atoms with Gasteiger partial charge in [0.1, 0.15) is 0 Å². The third kappa shape index (κ3) is 2.34. The molecular weight excluding hydrogens is 168 g/mol. The third-order valence-corrected chi connectivity index (χ3v) is 2.03. The van der Waals surface area contributed by atoms with Crippen LogP contribution in [0.5, 0.6) is 0 Å². The van der Waals surface area contributed by atoms with Gasteiger partial charge in [0.15, 0.2) is 0 Å². The number of hydrogen-bond donors (Lipinski definition) is 0. The topological polar surface area (TPSA) is 60.4 Å². The summed E-state index contributed by atoms with van der Waals surface area (Å²) in [5.41, 5.74) is 0. The minimum atomic E-state index is -2.26. The molecule has 0 aromatic rings. The third-order valence-electron chi connectivity index (χ3n) is 1.48. The van der Waals surface area contributed by atoms with Gasteiger partial charge in [-0.05, 0) is 12.8 Å². The van der Waals surface area contributed by atoms with Gasteiger partial charge in [-0.25, -0.2) is 0 Å². The molecule has 62 valence electrons. The zero-order chi connectivity index (χ0) is 8.27. The molecule has 0 amide bonds. The molecule has 1 heterocycles. The summed E-state index contributed by atoms with van der Waals surface area (Å²) in [5, 5.41) is 0.988. The summed E-state index contributed by atoms with van der Waals surface area (Å²) >= 11 is 0. The first-order valence-electron chi connectivity index (χ1n) is 3.30. The monoisotopic (exact) mass is 176 g/mol. The number of ether oxygens (including phenoxy) is 1. The van der Waals surface area contributed by atoms with Gasteiger partial charge in [0.25, 0.3) is 0 Å². The SMILES string of the molecule is O=C1OCCCC1C=S(=O)=O. The molecule has 5 heteroatoms. The smallest absolute Gasteiger partial charge is 0.313 e. The van der Waals surface area contributed by atoms with Crippen LogP contribution in [0.4, 0.5) is 0 Å². The lowest BCUT2D eigenvalue weighted by atomic mass is 10.0. The van der Waals surface area contributed by atoms with E-state index in [-0.39, 0.29) is 0 Å². The first-order chi connectivity index (χ1) is 5.20. The Bertz CT molecular complexity index is 269. The van der Waals surface area contributed by atoms with Crippen LogP contribution in [-0.2, 0) is 19.8 Å². The Balaban J connectivity index is 2.70. The lowest BCUT2D eigenvalue weighted by Crippen LogP contribution is -2.25. The summed E-state index contributed by atoms with van der Waals surface area (Å²) in [5.74, 6) is -0.984. The summed E-state index contributed by atoms with van der Waals surface area (Å²) in [4.78, 5) is 10.8. The van der Waals surface area contributed by atoms with Crippen molar-refractivity contribution in [1.82, 2.24) is 0 Å². The molecule has 4 nitrogen and oxygen atoms in total. The van der Waals surface area contributed by atoms with E-state index < -0.39 is 22.2 Å². The highest BCUT2D eigenvalue weighted by atomic mass is 32.2. The van der Waals surface area contributed by atoms with Crippen molar-refractivity contribution in [3.8, 4) is 0 Å². The lowest BCUT2D eigenvalue weighted by Gasteiger charge is -2.15. The average molecular weight is 176 g/mol. The summed E-state index contributed by atoms with van der Waals surface area (Å²) in [6.45, 7) is 0.411. The van der Waals surface area contributed by atoms with Gasteiger partial charge >= 0.3 is 5.97 Å². The van der Waals surface area contributed by atoms with E-state index in [1.54, 1.807) is 0 Å². The molecule has 1 aliphatic heterocycles. The van der Waals surface area contributed by atoms with Crippen LogP contribution in [0, 0.1) is 5.92 Å². The Morgan fingerprint density at radius 2 is 2.27 bits per heavy atom. The molecule has 0 aromatic carbocycles. The number of carbonyl (C=O) groups excluding carboxylic acids is 1. The minimum absolute atomic E-state index is 0.411. The fraction of sp³-hybridized carbons (Fsp3) is 0.667. The molecule has 0 spiro atoms. The second kappa shape index (κ2) is 3.52. The number of esters is 1. The van der Waals surface area contributed by atoms with Crippen molar-refractivity contribution in [2.24, 2.45) is 5.92 Å². The van der Waals surface area contributed by atoms with Crippen LogP contribution in [0.2, 0.25) is 0 Å². The Kier molecular flexibility index (Phi) is 2.64. The Labute approximate surface area is 65.7 Å². The van der Waals surface area contributed by atoms with Crippen LogP contribution in [-0.4, -0.2) is 26.4 Å². The standard InChI is InChI=1S/C6H8O4S/c7-6-5(4-11(8)9)2-1-3-10-6/h4-5H,1-3H2. The molecule has 1 rings (SSSR count). The van der Waals surface area contributed by atoms with Crippen LogP contribution in [0.25, 0.3) is 0 Å². The molecule has 0 saturated carbocycles. The van der Waals surface area contributed by atoms with E-state index in [1.165, 1.54) is 0 Å². The number of carbonyl (C=O) groups is 1. The summed E-state index contributed by atoms with van der Waals surface area (Å²) in [7, 11) is -2.26. The fourth-order valence-corrected chi connectivity index (χ4v) is 1.47. The van der Waals surface area contributed by atoms with Gasteiger partial charge in [0.05, 0.1) is 17.9 Å². The van der Waals surface area contributed by atoms with Gasteiger partial charge in [0.2, 0.25) is 10.3 Å². The van der Waals surface area contributed by atoms with Gasteiger partial charge in [-0.15, -0.1) is 0 Å². The van der Waals surface area contributed by atoms with Crippen LogP contribution < -0.4 is 0 Å². The number of cyclic esters (lactones) is 1. The minimum Gasteiger partial charge on any atom is -0.465 e. The van der Waals surface area contributed by atoms with Crippen molar-refractivity contribution >= 4 is 21.6 Å². The van der Waals surface area contributed by atoms with Gasteiger partial charge in [-0.1, -0.05) is 0 Å². The normalized spacial score (nSPS) is 24.0. The largest absolute Gasteiger partial charge is 0.465 e. The van der Waals surface area contributed by atoms with Crippen molar-refractivity contribution in [3.63, 3.8) is 0 Å². The van der Waals surface area contributed by atoms with E-state index in [9.17, 15) is 13.2 Å². The molecule has 1 aliphatic rings. The Morgan fingerprint density at radius 1 is 1.55 bits per heavy atom. The van der Waals surface area contributed by atoms with E-state index in [0.29, 0.717) is 13.0 Å². The molecule has 11 heavy (non-hydrogen) atoms. The van der Waals surface area contributed by atoms with E-state index in [4.69, 9.17) is 0 Å². The highest BCUT2D eigenvalue weighted by Crippen LogP contribution is 2.12. The van der Waals surface area contributed by atoms with Gasteiger partial charge in [0, 0.05) is 0 Å². The molecule has 0 aromatic heterocycles. The molecular formula is C6H8O4S.